The van der Waals surface area contributed by atoms with E-state index in [1.54, 1.807) is 5.57 Å². The number of hydrogen-bond acceptors (Lipinski definition) is 1. The van der Waals surface area contributed by atoms with Crippen LogP contribution in [0.15, 0.2) is 11.6 Å². The summed E-state index contributed by atoms with van der Waals surface area (Å²) in [6.45, 7) is 0. The zero-order valence-electron chi connectivity index (χ0n) is 6.21. The molecular formula is C9H14O. The Morgan fingerprint density at radius 2 is 2.40 bits per heavy atom. The average Bonchev–Trinajstić information content (AvgIpc) is 2.27. The first-order chi connectivity index (χ1) is 4.86. The van der Waals surface area contributed by atoms with E-state index in [0.29, 0.717) is 0 Å². The SMILES string of the molecule is OC1CC2=CCCCC2C1. The third kappa shape index (κ3) is 0.988. The highest BCUT2D eigenvalue weighted by molar-refractivity contribution is 5.15. The fourth-order valence-electron chi connectivity index (χ4n) is 2.21. The van der Waals surface area contributed by atoms with Crippen LogP contribution in [-0.4, -0.2) is 11.2 Å². The van der Waals surface area contributed by atoms with Gasteiger partial charge in [0.25, 0.3) is 0 Å². The van der Waals surface area contributed by atoms with Gasteiger partial charge in [0.05, 0.1) is 6.10 Å². The molecular weight excluding hydrogens is 124 g/mol. The highest BCUT2D eigenvalue weighted by atomic mass is 16.3. The van der Waals surface area contributed by atoms with Crippen LogP contribution in [0.25, 0.3) is 0 Å². The van der Waals surface area contributed by atoms with Crippen LogP contribution in [-0.2, 0) is 0 Å². The van der Waals surface area contributed by atoms with E-state index in [9.17, 15) is 5.11 Å². The summed E-state index contributed by atoms with van der Waals surface area (Å²) in [6.07, 6.45) is 8.22. The molecule has 1 heteroatoms. The summed E-state index contributed by atoms with van der Waals surface area (Å²) in [5, 5.41) is 9.32. The molecule has 2 aliphatic carbocycles. The van der Waals surface area contributed by atoms with Crippen LogP contribution in [0.1, 0.15) is 32.1 Å². The lowest BCUT2D eigenvalue weighted by atomic mass is 9.90. The van der Waals surface area contributed by atoms with Gasteiger partial charge in [-0.15, -0.1) is 0 Å². The van der Waals surface area contributed by atoms with E-state index < -0.39 is 0 Å². The molecule has 1 fully saturated rings. The van der Waals surface area contributed by atoms with Gasteiger partial charge in [-0.25, -0.2) is 0 Å². The molecule has 10 heavy (non-hydrogen) atoms. The van der Waals surface area contributed by atoms with Crippen molar-refractivity contribution >= 4 is 0 Å². The van der Waals surface area contributed by atoms with Crippen LogP contribution in [0.5, 0.6) is 0 Å². The van der Waals surface area contributed by atoms with E-state index in [1.165, 1.54) is 19.3 Å². The van der Waals surface area contributed by atoms with Gasteiger partial charge in [-0.2, -0.15) is 0 Å². The topological polar surface area (TPSA) is 20.2 Å². The molecule has 0 aromatic heterocycles. The minimum Gasteiger partial charge on any atom is -0.393 e. The van der Waals surface area contributed by atoms with Crippen LogP contribution < -0.4 is 0 Å². The van der Waals surface area contributed by atoms with E-state index in [-0.39, 0.29) is 6.10 Å². The Balaban J connectivity index is 2.13. The normalized spacial score (nSPS) is 39.1. The maximum Gasteiger partial charge on any atom is 0.0583 e. The smallest absolute Gasteiger partial charge is 0.0583 e. The van der Waals surface area contributed by atoms with Crippen LogP contribution in [0.3, 0.4) is 0 Å². The molecule has 2 aliphatic rings. The van der Waals surface area contributed by atoms with Crippen LogP contribution in [0, 0.1) is 5.92 Å². The Morgan fingerprint density at radius 1 is 1.50 bits per heavy atom. The zero-order valence-corrected chi connectivity index (χ0v) is 6.21. The van der Waals surface area contributed by atoms with Crippen molar-refractivity contribution in [2.45, 2.75) is 38.2 Å². The van der Waals surface area contributed by atoms with Crippen molar-refractivity contribution < 1.29 is 5.11 Å². The minimum absolute atomic E-state index is 0.0191. The van der Waals surface area contributed by atoms with Gasteiger partial charge in [0, 0.05) is 0 Å². The quantitative estimate of drug-likeness (QED) is 0.507. The van der Waals surface area contributed by atoms with Gasteiger partial charge in [0.1, 0.15) is 0 Å². The number of aliphatic hydroxyl groups excluding tert-OH is 1. The van der Waals surface area contributed by atoms with E-state index >= 15 is 0 Å². The molecule has 56 valence electrons. The second kappa shape index (κ2) is 2.39. The number of fused-ring (bicyclic) bond motifs is 1. The Labute approximate surface area is 61.8 Å². The Hall–Kier alpha value is -0.300. The maximum atomic E-state index is 9.32. The van der Waals surface area contributed by atoms with Crippen molar-refractivity contribution in [2.24, 2.45) is 5.92 Å². The lowest BCUT2D eigenvalue weighted by Gasteiger charge is -2.15. The molecule has 2 rings (SSSR count). The Bertz CT molecular complexity index is 160. The predicted octanol–water partition coefficient (Wildman–Crippen LogP) is 1.87. The van der Waals surface area contributed by atoms with Gasteiger partial charge in [0.2, 0.25) is 0 Å². The summed E-state index contributed by atoms with van der Waals surface area (Å²) in [6, 6.07) is 0. The van der Waals surface area contributed by atoms with Gasteiger partial charge in [-0.1, -0.05) is 11.6 Å². The molecule has 0 aromatic rings. The summed E-state index contributed by atoms with van der Waals surface area (Å²) in [7, 11) is 0. The molecule has 0 amide bonds. The summed E-state index contributed by atoms with van der Waals surface area (Å²) in [5.74, 6) is 0.753. The van der Waals surface area contributed by atoms with Crippen molar-refractivity contribution in [3.05, 3.63) is 11.6 Å². The van der Waals surface area contributed by atoms with Gasteiger partial charge in [-0.05, 0) is 38.0 Å². The third-order valence-corrected chi connectivity index (χ3v) is 2.72. The van der Waals surface area contributed by atoms with E-state index in [1.807, 2.05) is 0 Å². The van der Waals surface area contributed by atoms with Crippen LogP contribution in [0.2, 0.25) is 0 Å². The Morgan fingerprint density at radius 3 is 3.20 bits per heavy atom. The van der Waals surface area contributed by atoms with Gasteiger partial charge in [0.15, 0.2) is 0 Å². The standard InChI is InChI=1S/C9H14O/c10-9-5-7-3-1-2-4-8(7)6-9/h3,8-10H,1-2,4-6H2. The summed E-state index contributed by atoms with van der Waals surface area (Å²) >= 11 is 0. The molecule has 0 aromatic carbocycles. The maximum absolute atomic E-state index is 9.32. The average molecular weight is 138 g/mol. The molecule has 2 unspecified atom stereocenters. The fourth-order valence-corrected chi connectivity index (χ4v) is 2.21. The fraction of sp³-hybridized carbons (Fsp3) is 0.778. The van der Waals surface area contributed by atoms with E-state index in [4.69, 9.17) is 0 Å². The lowest BCUT2D eigenvalue weighted by Crippen LogP contribution is -2.02. The highest BCUT2D eigenvalue weighted by Gasteiger charge is 2.28. The molecule has 0 aliphatic heterocycles. The summed E-state index contributed by atoms with van der Waals surface area (Å²) < 4.78 is 0. The van der Waals surface area contributed by atoms with Crippen molar-refractivity contribution in [2.75, 3.05) is 0 Å². The molecule has 0 spiro atoms. The number of allylic oxidation sites excluding steroid dienone is 1. The second-order valence-electron chi connectivity index (χ2n) is 3.50. The van der Waals surface area contributed by atoms with E-state index in [2.05, 4.69) is 6.08 Å². The van der Waals surface area contributed by atoms with Crippen LogP contribution in [0.4, 0.5) is 0 Å². The van der Waals surface area contributed by atoms with E-state index in [0.717, 1.165) is 18.8 Å². The molecule has 1 nitrogen and oxygen atoms in total. The van der Waals surface area contributed by atoms with Crippen molar-refractivity contribution in [1.82, 2.24) is 0 Å². The van der Waals surface area contributed by atoms with Gasteiger partial charge < -0.3 is 5.11 Å². The molecule has 0 bridgehead atoms. The molecule has 0 heterocycles. The second-order valence-corrected chi connectivity index (χ2v) is 3.50. The summed E-state index contributed by atoms with van der Waals surface area (Å²) in [4.78, 5) is 0. The first-order valence-corrected chi connectivity index (χ1v) is 4.23. The molecule has 1 N–H and O–H groups in total. The lowest BCUT2D eigenvalue weighted by molar-refractivity contribution is 0.177. The molecule has 0 radical (unpaired) electrons. The first kappa shape index (κ1) is 6.41. The van der Waals surface area contributed by atoms with Crippen molar-refractivity contribution in [1.29, 1.82) is 0 Å². The molecule has 0 saturated heterocycles. The van der Waals surface area contributed by atoms with Crippen molar-refractivity contribution in [3.8, 4) is 0 Å². The monoisotopic (exact) mass is 138 g/mol. The predicted molar refractivity (Wildman–Crippen MR) is 40.7 cm³/mol. The molecule has 2 atom stereocenters. The Kier molecular flexibility index (Phi) is 1.53. The largest absolute Gasteiger partial charge is 0.393 e. The third-order valence-electron chi connectivity index (χ3n) is 2.72. The van der Waals surface area contributed by atoms with Gasteiger partial charge in [-0.3, -0.25) is 0 Å². The van der Waals surface area contributed by atoms with Gasteiger partial charge >= 0.3 is 0 Å². The van der Waals surface area contributed by atoms with Crippen molar-refractivity contribution in [3.63, 3.8) is 0 Å². The van der Waals surface area contributed by atoms with Crippen LogP contribution >= 0.6 is 0 Å². The zero-order chi connectivity index (χ0) is 6.97. The number of rotatable bonds is 0. The first-order valence-electron chi connectivity index (χ1n) is 4.23. The molecule has 1 saturated carbocycles. The number of hydrogen-bond donors (Lipinski definition) is 1. The minimum atomic E-state index is -0.0191. The summed E-state index contributed by atoms with van der Waals surface area (Å²) in [5.41, 5.74) is 1.54. The highest BCUT2D eigenvalue weighted by Crippen LogP contribution is 2.38. The number of aliphatic hydroxyl groups is 1.